The van der Waals surface area contributed by atoms with Crippen molar-refractivity contribution in [3.05, 3.63) is 92.9 Å². The van der Waals surface area contributed by atoms with Crippen LogP contribution in [0, 0.1) is 17.6 Å². The van der Waals surface area contributed by atoms with Gasteiger partial charge in [0, 0.05) is 35.0 Å². The Kier molecular flexibility index (Phi) is 5.71. The monoisotopic (exact) mass is 549 g/mol. The van der Waals surface area contributed by atoms with E-state index in [1.807, 2.05) is 0 Å². The molecule has 38 heavy (non-hydrogen) atoms. The van der Waals surface area contributed by atoms with Crippen LogP contribution in [0.2, 0.25) is 0 Å². The molecule has 0 bridgehead atoms. The van der Waals surface area contributed by atoms with Crippen LogP contribution in [0.5, 0.6) is 5.75 Å². The highest BCUT2D eigenvalue weighted by Crippen LogP contribution is 2.47. The van der Waals surface area contributed by atoms with Gasteiger partial charge in [-0.25, -0.2) is 8.78 Å². The molecular formula is C26H20F5N3O3S. The molecule has 12 heteroatoms. The highest BCUT2D eigenvalue weighted by molar-refractivity contribution is 7.98. The Balaban J connectivity index is 1.65. The van der Waals surface area contributed by atoms with Crippen molar-refractivity contribution in [1.82, 2.24) is 9.58 Å². The van der Waals surface area contributed by atoms with Crippen LogP contribution in [0.1, 0.15) is 46.1 Å². The van der Waals surface area contributed by atoms with Gasteiger partial charge in [-0.3, -0.25) is 19.3 Å². The van der Waals surface area contributed by atoms with Gasteiger partial charge in [-0.1, -0.05) is 24.3 Å². The number of fused-ring (bicyclic) bond motifs is 4. The molecule has 3 atom stereocenters. The Morgan fingerprint density at radius 3 is 2.53 bits per heavy atom. The largest absolute Gasteiger partial charge is 0.502 e. The number of aromatic nitrogens is 1. The first-order chi connectivity index (χ1) is 18.1. The molecule has 1 fully saturated rings. The van der Waals surface area contributed by atoms with Crippen molar-refractivity contribution in [3.8, 4) is 5.75 Å². The van der Waals surface area contributed by atoms with Crippen molar-refractivity contribution in [1.29, 1.82) is 0 Å². The molecule has 1 N–H and O–H groups in total. The molecule has 0 saturated carbocycles. The van der Waals surface area contributed by atoms with Gasteiger partial charge in [0.15, 0.2) is 23.1 Å². The Morgan fingerprint density at radius 1 is 1.00 bits per heavy atom. The van der Waals surface area contributed by atoms with Gasteiger partial charge in [-0.2, -0.15) is 13.2 Å². The number of amides is 1. The number of nitrogens with zero attached hydrogens (tertiary/aromatic N) is 3. The molecule has 0 spiro atoms. The molecular weight excluding hydrogens is 529 g/mol. The first-order valence-corrected chi connectivity index (χ1v) is 12.9. The molecule has 0 aliphatic carbocycles. The molecule has 0 radical (unpaired) electrons. The quantitative estimate of drug-likeness (QED) is 0.437. The zero-order valence-corrected chi connectivity index (χ0v) is 20.4. The zero-order valence-electron chi connectivity index (χ0n) is 19.6. The maximum Gasteiger partial charge on any atom is 0.392 e. The highest BCUT2D eigenvalue weighted by atomic mass is 32.2. The lowest BCUT2D eigenvalue weighted by Gasteiger charge is -2.53. The van der Waals surface area contributed by atoms with Crippen LogP contribution in [-0.2, 0) is 5.75 Å². The summed E-state index contributed by atoms with van der Waals surface area (Å²) in [6.45, 7) is -0.263. The van der Waals surface area contributed by atoms with E-state index >= 15 is 4.39 Å². The van der Waals surface area contributed by atoms with Crippen molar-refractivity contribution in [2.75, 3.05) is 11.6 Å². The minimum absolute atomic E-state index is 0.0506. The summed E-state index contributed by atoms with van der Waals surface area (Å²) in [5.74, 6) is -5.36. The van der Waals surface area contributed by atoms with Crippen LogP contribution < -0.4 is 10.4 Å². The lowest BCUT2D eigenvalue weighted by atomic mass is 9.89. The van der Waals surface area contributed by atoms with E-state index in [-0.39, 0.29) is 24.3 Å². The van der Waals surface area contributed by atoms with Crippen molar-refractivity contribution in [2.45, 2.75) is 41.9 Å². The topological polar surface area (TPSA) is 65.8 Å². The first kappa shape index (κ1) is 24.8. The fraction of sp³-hybridized carbons (Fsp3) is 0.308. The van der Waals surface area contributed by atoms with Crippen LogP contribution >= 0.6 is 11.8 Å². The average Bonchev–Trinajstić information content (AvgIpc) is 3.05. The number of halogens is 5. The molecule has 198 valence electrons. The Bertz CT molecular complexity index is 1520. The Labute approximate surface area is 217 Å². The van der Waals surface area contributed by atoms with E-state index in [0.717, 1.165) is 12.1 Å². The van der Waals surface area contributed by atoms with Crippen molar-refractivity contribution in [2.24, 2.45) is 5.92 Å². The second-order valence-electron chi connectivity index (χ2n) is 9.50. The molecule has 3 aliphatic rings. The number of thioether (sulfide) groups is 1. The molecule has 3 aromatic rings. The number of hydrogen-bond donors (Lipinski definition) is 1. The number of aromatic hydroxyl groups is 1. The normalized spacial score (nSPS) is 22.8. The van der Waals surface area contributed by atoms with Gasteiger partial charge in [-0.15, -0.1) is 11.8 Å². The van der Waals surface area contributed by atoms with Gasteiger partial charge in [0.25, 0.3) is 5.91 Å². The summed E-state index contributed by atoms with van der Waals surface area (Å²) in [4.78, 5) is 27.7. The third-order valence-corrected chi connectivity index (χ3v) is 8.60. The van der Waals surface area contributed by atoms with Gasteiger partial charge in [0.1, 0.15) is 6.17 Å². The Morgan fingerprint density at radius 2 is 1.76 bits per heavy atom. The number of carbonyl (C=O) groups is 1. The van der Waals surface area contributed by atoms with Gasteiger partial charge in [0.2, 0.25) is 5.43 Å². The van der Waals surface area contributed by atoms with Crippen LogP contribution in [0.4, 0.5) is 22.0 Å². The number of benzene rings is 2. The van der Waals surface area contributed by atoms with Gasteiger partial charge in [0.05, 0.1) is 12.0 Å². The molecule has 6 rings (SSSR count). The number of hydrogen-bond acceptors (Lipinski definition) is 5. The highest BCUT2D eigenvalue weighted by Gasteiger charge is 2.52. The van der Waals surface area contributed by atoms with E-state index in [4.69, 9.17) is 0 Å². The predicted octanol–water partition coefficient (Wildman–Crippen LogP) is 4.92. The van der Waals surface area contributed by atoms with E-state index in [9.17, 15) is 32.3 Å². The molecule has 1 amide bonds. The lowest BCUT2D eigenvalue weighted by Crippen LogP contribution is -2.65. The average molecular weight is 550 g/mol. The standard InChI is InChI=1S/C26H20F5N3O3S/c27-17-6-5-14-16(21(17)28)12-38-19-4-2-1-3-15(19)22(14)34-20-11-13(26(29,30)31)7-9-32(20)25(37)23-24(36)18(35)8-10-33(23)34/h1-6,8,10,13,20,22,36H,7,9,11-12H2/t13?,20-,22+/m1/s1. The summed E-state index contributed by atoms with van der Waals surface area (Å²) >= 11 is 1.26. The van der Waals surface area contributed by atoms with E-state index < -0.39 is 65.1 Å². The summed E-state index contributed by atoms with van der Waals surface area (Å²) in [5.41, 5.74) is -0.241. The predicted molar refractivity (Wildman–Crippen MR) is 128 cm³/mol. The van der Waals surface area contributed by atoms with E-state index in [1.54, 1.807) is 24.3 Å². The van der Waals surface area contributed by atoms with Crippen molar-refractivity contribution < 1.29 is 31.9 Å². The lowest BCUT2D eigenvalue weighted by molar-refractivity contribution is -0.189. The molecule has 1 aromatic heterocycles. The fourth-order valence-electron chi connectivity index (χ4n) is 5.66. The summed E-state index contributed by atoms with van der Waals surface area (Å²) in [6.07, 6.45) is -5.27. The SMILES string of the molecule is O=C1c2c(O)c(=O)ccn2N([C@@H]2c3ccccc3SCc3c2ccc(F)c3F)[C@@H]2CC(C(F)(F)F)CCN12. The molecule has 1 saturated heterocycles. The summed E-state index contributed by atoms with van der Waals surface area (Å²) in [6, 6.07) is 9.43. The Hall–Kier alpha value is -3.54. The zero-order chi connectivity index (χ0) is 26.9. The molecule has 4 heterocycles. The smallest absolute Gasteiger partial charge is 0.392 e. The van der Waals surface area contributed by atoms with Crippen molar-refractivity contribution in [3.63, 3.8) is 0 Å². The third kappa shape index (κ3) is 3.68. The molecule has 6 nitrogen and oxygen atoms in total. The second-order valence-corrected chi connectivity index (χ2v) is 10.5. The fourth-order valence-corrected chi connectivity index (χ4v) is 6.78. The molecule has 2 aromatic carbocycles. The van der Waals surface area contributed by atoms with Gasteiger partial charge in [-0.05, 0) is 36.1 Å². The van der Waals surface area contributed by atoms with E-state index in [2.05, 4.69) is 0 Å². The molecule has 3 aliphatic heterocycles. The number of piperidine rings is 1. The number of pyridine rings is 1. The second kappa shape index (κ2) is 8.75. The van der Waals surface area contributed by atoms with Crippen LogP contribution in [0.3, 0.4) is 0 Å². The number of alkyl halides is 3. The summed E-state index contributed by atoms with van der Waals surface area (Å²) < 4.78 is 72.4. The van der Waals surface area contributed by atoms with E-state index in [0.29, 0.717) is 16.0 Å². The first-order valence-electron chi connectivity index (χ1n) is 11.9. The third-order valence-electron chi connectivity index (χ3n) is 7.49. The molecule has 1 unspecified atom stereocenters. The maximum absolute atomic E-state index is 15.1. The summed E-state index contributed by atoms with van der Waals surface area (Å²) in [7, 11) is 0. The van der Waals surface area contributed by atoms with Gasteiger partial charge >= 0.3 is 6.18 Å². The summed E-state index contributed by atoms with van der Waals surface area (Å²) in [5, 5.41) is 12.1. The maximum atomic E-state index is 15.1. The van der Waals surface area contributed by atoms with Gasteiger partial charge < -0.3 is 10.0 Å². The van der Waals surface area contributed by atoms with E-state index in [1.165, 1.54) is 38.6 Å². The minimum atomic E-state index is -4.52. The minimum Gasteiger partial charge on any atom is -0.502 e. The van der Waals surface area contributed by atoms with Crippen LogP contribution in [0.25, 0.3) is 0 Å². The van der Waals surface area contributed by atoms with Crippen LogP contribution in [-0.4, -0.2) is 39.5 Å². The number of carbonyl (C=O) groups excluding carboxylic acids is 1. The number of rotatable bonds is 1. The van der Waals surface area contributed by atoms with Crippen molar-refractivity contribution >= 4 is 17.7 Å². The van der Waals surface area contributed by atoms with Crippen LogP contribution in [0.15, 0.2) is 58.4 Å².